The lowest BCUT2D eigenvalue weighted by molar-refractivity contribution is 0.143. The molecule has 2 N–H and O–H groups in total. The summed E-state index contributed by atoms with van der Waals surface area (Å²) < 4.78 is 5.31. The van der Waals surface area contributed by atoms with Gasteiger partial charge in [0.05, 0.1) is 18.7 Å². The van der Waals surface area contributed by atoms with Crippen molar-refractivity contribution in [3.63, 3.8) is 0 Å². The highest BCUT2D eigenvalue weighted by molar-refractivity contribution is 8.00. The summed E-state index contributed by atoms with van der Waals surface area (Å²) in [5.74, 6) is 1.56. The minimum absolute atomic E-state index is 0.0548. The average molecular weight is 346 g/mol. The number of aliphatic hydroxyl groups excluding tert-OH is 1. The van der Waals surface area contributed by atoms with Gasteiger partial charge in [-0.05, 0) is 43.3 Å². The van der Waals surface area contributed by atoms with Gasteiger partial charge in [0.25, 0.3) is 0 Å². The Kier molecular flexibility index (Phi) is 7.09. The van der Waals surface area contributed by atoms with Crippen molar-refractivity contribution >= 4 is 22.7 Å². The number of hydrogen-bond acceptors (Lipinski definition) is 5. The minimum atomic E-state index is -0.623. The lowest BCUT2D eigenvalue weighted by Crippen LogP contribution is -2.35. The van der Waals surface area contributed by atoms with Gasteiger partial charge < -0.3 is 15.2 Å². The zero-order valence-corrected chi connectivity index (χ0v) is 15.3. The van der Waals surface area contributed by atoms with Gasteiger partial charge in [0.2, 0.25) is 0 Å². The molecule has 130 valence electrons. The average Bonchev–Trinajstić information content (AvgIpc) is 2.64. The molecular formula is C19H26N2O2S. The van der Waals surface area contributed by atoms with Crippen LogP contribution in [-0.4, -0.2) is 41.3 Å². The molecule has 0 radical (unpaired) electrons. The molecule has 0 amide bonds. The number of benzene rings is 1. The molecule has 1 aromatic heterocycles. The summed E-state index contributed by atoms with van der Waals surface area (Å²) in [5, 5.41) is 15.5. The fraction of sp³-hybridized carbons (Fsp3) is 0.421. The van der Waals surface area contributed by atoms with Gasteiger partial charge in [-0.15, -0.1) is 6.58 Å². The molecule has 5 heteroatoms. The van der Waals surface area contributed by atoms with Crippen LogP contribution in [0.5, 0.6) is 5.75 Å². The fourth-order valence-corrected chi connectivity index (χ4v) is 3.84. The molecule has 1 heterocycles. The Balaban J connectivity index is 2.27. The molecule has 0 aliphatic carbocycles. The molecule has 3 atom stereocenters. The van der Waals surface area contributed by atoms with Crippen LogP contribution < -0.4 is 10.1 Å². The van der Waals surface area contributed by atoms with Crippen molar-refractivity contribution in [2.75, 3.05) is 19.9 Å². The molecule has 2 rings (SSSR count). The number of nitrogens with one attached hydrogen (secondary N) is 1. The van der Waals surface area contributed by atoms with E-state index in [1.54, 1.807) is 13.3 Å². The van der Waals surface area contributed by atoms with Crippen molar-refractivity contribution in [1.29, 1.82) is 0 Å². The van der Waals surface area contributed by atoms with Crippen molar-refractivity contribution in [1.82, 2.24) is 10.3 Å². The highest BCUT2D eigenvalue weighted by Crippen LogP contribution is 2.30. The number of methoxy groups -OCH3 is 1. The summed E-state index contributed by atoms with van der Waals surface area (Å²) in [7, 11) is 3.52. The molecule has 0 spiro atoms. The second-order valence-electron chi connectivity index (χ2n) is 5.64. The van der Waals surface area contributed by atoms with Crippen LogP contribution in [0, 0.1) is 0 Å². The summed E-state index contributed by atoms with van der Waals surface area (Å²) in [5.41, 5.74) is 1.72. The van der Waals surface area contributed by atoms with Crippen LogP contribution in [0.3, 0.4) is 0 Å². The number of hydrogen-bond donors (Lipinski definition) is 2. The quantitative estimate of drug-likeness (QED) is 0.680. The molecule has 0 aliphatic rings. The first kappa shape index (κ1) is 18.8. The number of rotatable bonds is 9. The maximum Gasteiger partial charge on any atom is 0.119 e. The first-order chi connectivity index (χ1) is 11.6. The Morgan fingerprint density at radius 3 is 2.83 bits per heavy atom. The van der Waals surface area contributed by atoms with E-state index in [-0.39, 0.29) is 6.04 Å². The lowest BCUT2D eigenvalue weighted by Gasteiger charge is -2.25. The standard InChI is InChI=1S/C19H26N2O2S/c1-5-14(6-2)24-12-18(20-3)19(22)15-9-10-21-17-8-7-13(23-4)11-16(15)17/h5,7-11,14,18-20,22H,1,6,12H2,2-4H3/t14-,18+,19-/m0/s1. The van der Waals surface area contributed by atoms with Gasteiger partial charge in [-0.25, -0.2) is 0 Å². The van der Waals surface area contributed by atoms with Crippen LogP contribution in [0.25, 0.3) is 10.9 Å². The smallest absolute Gasteiger partial charge is 0.119 e. The van der Waals surface area contributed by atoms with Crippen molar-refractivity contribution in [2.45, 2.75) is 30.7 Å². The number of nitrogens with zero attached hydrogens (tertiary/aromatic N) is 1. The topological polar surface area (TPSA) is 54.4 Å². The highest BCUT2D eigenvalue weighted by Gasteiger charge is 2.22. The summed E-state index contributed by atoms with van der Waals surface area (Å²) in [6, 6.07) is 7.55. The normalized spacial score (nSPS) is 15.0. The van der Waals surface area contributed by atoms with Crippen molar-refractivity contribution in [2.24, 2.45) is 0 Å². The largest absolute Gasteiger partial charge is 0.497 e. The number of aliphatic hydroxyl groups is 1. The number of aromatic nitrogens is 1. The Morgan fingerprint density at radius 2 is 2.21 bits per heavy atom. The zero-order chi connectivity index (χ0) is 17.5. The van der Waals surface area contributed by atoms with E-state index in [0.29, 0.717) is 5.25 Å². The minimum Gasteiger partial charge on any atom is -0.497 e. The first-order valence-corrected chi connectivity index (χ1v) is 9.21. The van der Waals surface area contributed by atoms with Gasteiger partial charge >= 0.3 is 0 Å². The van der Waals surface area contributed by atoms with E-state index in [1.807, 2.05) is 49.2 Å². The van der Waals surface area contributed by atoms with Crippen LogP contribution >= 0.6 is 11.8 Å². The van der Waals surface area contributed by atoms with Gasteiger partial charge in [-0.3, -0.25) is 4.98 Å². The van der Waals surface area contributed by atoms with Gasteiger partial charge in [-0.1, -0.05) is 13.0 Å². The molecule has 0 aliphatic heterocycles. The Morgan fingerprint density at radius 1 is 1.42 bits per heavy atom. The molecule has 0 fully saturated rings. The molecule has 1 aromatic carbocycles. The number of likely N-dealkylation sites (N-methyl/N-ethyl adjacent to an activating group) is 1. The molecule has 2 aromatic rings. The number of ether oxygens (including phenoxy) is 1. The maximum absolute atomic E-state index is 10.9. The van der Waals surface area contributed by atoms with Gasteiger partial charge in [-0.2, -0.15) is 11.8 Å². The second kappa shape index (κ2) is 9.06. The summed E-state index contributed by atoms with van der Waals surface area (Å²) in [6.07, 6.45) is 4.13. The predicted molar refractivity (Wildman–Crippen MR) is 103 cm³/mol. The highest BCUT2D eigenvalue weighted by atomic mass is 32.2. The summed E-state index contributed by atoms with van der Waals surface area (Å²) >= 11 is 1.81. The zero-order valence-electron chi connectivity index (χ0n) is 14.5. The van der Waals surface area contributed by atoms with E-state index in [1.165, 1.54) is 0 Å². The molecule has 0 saturated carbocycles. The van der Waals surface area contributed by atoms with Crippen LogP contribution in [0.4, 0.5) is 0 Å². The Labute approximate surface area is 148 Å². The third-order valence-corrected chi connectivity index (χ3v) is 5.71. The summed E-state index contributed by atoms with van der Waals surface area (Å²) in [4.78, 5) is 4.38. The van der Waals surface area contributed by atoms with Gasteiger partial charge in [0.15, 0.2) is 0 Å². The first-order valence-electron chi connectivity index (χ1n) is 8.16. The number of pyridine rings is 1. The predicted octanol–water partition coefficient (Wildman–Crippen LogP) is 3.56. The van der Waals surface area contributed by atoms with E-state index >= 15 is 0 Å². The fourth-order valence-electron chi connectivity index (χ4n) is 2.66. The third-order valence-electron chi connectivity index (χ3n) is 4.21. The SMILES string of the molecule is C=C[C@@H](CC)SC[C@@H](NC)[C@@H](O)c1ccnc2ccc(OC)cc12. The molecule has 0 bridgehead atoms. The van der Waals surface area contributed by atoms with E-state index in [2.05, 4.69) is 23.8 Å². The van der Waals surface area contributed by atoms with E-state index in [4.69, 9.17) is 4.74 Å². The van der Waals surface area contributed by atoms with Crippen LogP contribution in [0.2, 0.25) is 0 Å². The lowest BCUT2D eigenvalue weighted by atomic mass is 9.99. The number of thioether (sulfide) groups is 1. The molecule has 24 heavy (non-hydrogen) atoms. The molecule has 0 unspecified atom stereocenters. The van der Waals surface area contributed by atoms with Crippen LogP contribution in [-0.2, 0) is 0 Å². The van der Waals surface area contributed by atoms with E-state index in [9.17, 15) is 5.11 Å². The maximum atomic E-state index is 10.9. The third kappa shape index (κ3) is 4.29. The van der Waals surface area contributed by atoms with Crippen molar-refractivity contribution < 1.29 is 9.84 Å². The van der Waals surface area contributed by atoms with Crippen molar-refractivity contribution in [3.8, 4) is 5.75 Å². The Hall–Kier alpha value is -1.56. The van der Waals surface area contributed by atoms with Crippen LogP contribution in [0.15, 0.2) is 43.1 Å². The molecular weight excluding hydrogens is 320 g/mol. The van der Waals surface area contributed by atoms with Gasteiger partial charge in [0.1, 0.15) is 5.75 Å². The Bertz CT molecular complexity index is 677. The van der Waals surface area contributed by atoms with E-state index < -0.39 is 6.10 Å². The van der Waals surface area contributed by atoms with Crippen molar-refractivity contribution in [3.05, 3.63) is 48.7 Å². The van der Waals surface area contributed by atoms with Crippen LogP contribution in [0.1, 0.15) is 25.0 Å². The second-order valence-corrected chi connectivity index (χ2v) is 6.91. The number of fused-ring (bicyclic) bond motifs is 1. The molecule has 0 saturated heterocycles. The molecule has 4 nitrogen and oxygen atoms in total. The summed E-state index contributed by atoms with van der Waals surface area (Å²) in [6.45, 7) is 6.02. The van der Waals surface area contributed by atoms with E-state index in [0.717, 1.165) is 34.4 Å². The van der Waals surface area contributed by atoms with Gasteiger partial charge in [0, 0.05) is 28.6 Å². The monoisotopic (exact) mass is 346 g/mol.